The summed E-state index contributed by atoms with van der Waals surface area (Å²) in [5.41, 5.74) is 4.58. The molecule has 0 saturated heterocycles. The van der Waals surface area contributed by atoms with Crippen LogP contribution >= 0.6 is 11.8 Å². The molecule has 0 spiro atoms. The van der Waals surface area contributed by atoms with Crippen LogP contribution in [0.5, 0.6) is 11.5 Å². The highest BCUT2D eigenvalue weighted by atomic mass is 32.2. The first-order chi connectivity index (χ1) is 9.88. The number of carboxylic acid groups (broad SMARTS) is 1. The smallest absolute Gasteiger partial charge is 0.323 e. The number of hydrogen-bond donors (Lipinski definition) is 2. The second kappa shape index (κ2) is 6.58. The summed E-state index contributed by atoms with van der Waals surface area (Å²) in [4.78, 5) is 12.1. The third kappa shape index (κ3) is 4.28. The predicted molar refractivity (Wildman–Crippen MR) is 82.2 cm³/mol. The van der Waals surface area contributed by atoms with Crippen LogP contribution in [0, 0.1) is 0 Å². The van der Waals surface area contributed by atoms with Gasteiger partial charge in [0, 0.05) is 16.6 Å². The molecule has 2 rings (SSSR count). The number of thioether (sulfide) groups is 1. The lowest BCUT2D eigenvalue weighted by Crippen LogP contribution is -2.46. The van der Waals surface area contributed by atoms with E-state index < -0.39 is 11.5 Å². The Morgan fingerprint density at radius 2 is 2.10 bits per heavy atom. The van der Waals surface area contributed by atoms with E-state index in [2.05, 4.69) is 0 Å². The van der Waals surface area contributed by atoms with Crippen LogP contribution in [0.25, 0.3) is 0 Å². The molecule has 3 N–H and O–H groups in total. The number of carboxylic acids is 1. The van der Waals surface area contributed by atoms with Gasteiger partial charge in [-0.25, -0.2) is 0 Å². The van der Waals surface area contributed by atoms with Crippen molar-refractivity contribution in [3.8, 4) is 11.5 Å². The van der Waals surface area contributed by atoms with Crippen LogP contribution in [-0.4, -0.2) is 35.1 Å². The van der Waals surface area contributed by atoms with Crippen LogP contribution in [0.1, 0.15) is 26.7 Å². The van der Waals surface area contributed by atoms with Gasteiger partial charge >= 0.3 is 5.97 Å². The average Bonchev–Trinajstić information content (AvgIpc) is 2.62. The van der Waals surface area contributed by atoms with Crippen LogP contribution in [0.4, 0.5) is 0 Å². The van der Waals surface area contributed by atoms with Gasteiger partial charge in [-0.1, -0.05) is 6.92 Å². The van der Waals surface area contributed by atoms with Crippen molar-refractivity contribution in [2.75, 3.05) is 13.2 Å². The van der Waals surface area contributed by atoms with E-state index in [1.807, 2.05) is 25.1 Å². The molecule has 2 unspecified atom stereocenters. The molecular weight excluding hydrogens is 290 g/mol. The molecule has 1 heterocycles. The number of ether oxygens (including phenoxy) is 2. The Balaban J connectivity index is 2.03. The molecule has 0 amide bonds. The van der Waals surface area contributed by atoms with E-state index in [0.29, 0.717) is 19.6 Å². The van der Waals surface area contributed by atoms with Crippen molar-refractivity contribution in [1.29, 1.82) is 0 Å². The number of rotatable bonds is 5. The molecule has 0 radical (unpaired) electrons. The molecular formula is C15H21NO4S. The summed E-state index contributed by atoms with van der Waals surface area (Å²) in [5.74, 6) is 0.533. The zero-order chi connectivity index (χ0) is 15.5. The molecule has 21 heavy (non-hydrogen) atoms. The van der Waals surface area contributed by atoms with Gasteiger partial charge in [-0.3, -0.25) is 4.79 Å². The second-order valence-electron chi connectivity index (χ2n) is 5.51. The summed E-state index contributed by atoms with van der Waals surface area (Å²) < 4.78 is 11.2. The quantitative estimate of drug-likeness (QED) is 0.813. The fourth-order valence-electron chi connectivity index (χ4n) is 2.18. The highest BCUT2D eigenvalue weighted by Gasteiger charge is 2.30. The molecule has 1 aromatic rings. The highest BCUT2D eigenvalue weighted by Crippen LogP contribution is 2.36. The number of carbonyl (C=O) groups is 1. The molecule has 0 bridgehead atoms. The first-order valence-corrected chi connectivity index (χ1v) is 7.85. The van der Waals surface area contributed by atoms with Crippen LogP contribution in [0.15, 0.2) is 23.1 Å². The van der Waals surface area contributed by atoms with Gasteiger partial charge in [0.2, 0.25) is 0 Å². The maximum Gasteiger partial charge on any atom is 0.323 e. The molecule has 1 aromatic carbocycles. The number of benzene rings is 1. The van der Waals surface area contributed by atoms with Crippen molar-refractivity contribution in [2.24, 2.45) is 5.73 Å². The highest BCUT2D eigenvalue weighted by molar-refractivity contribution is 8.00. The summed E-state index contributed by atoms with van der Waals surface area (Å²) in [6, 6.07) is 5.80. The zero-order valence-corrected chi connectivity index (χ0v) is 13.1. The minimum atomic E-state index is -1.21. The van der Waals surface area contributed by atoms with Gasteiger partial charge in [-0.15, -0.1) is 11.8 Å². The minimum Gasteiger partial charge on any atom is -0.490 e. The molecule has 1 aliphatic rings. The third-order valence-electron chi connectivity index (χ3n) is 3.26. The van der Waals surface area contributed by atoms with Gasteiger partial charge in [0.1, 0.15) is 5.54 Å². The normalized spacial score (nSPS) is 18.4. The molecule has 0 aliphatic carbocycles. The van der Waals surface area contributed by atoms with Gasteiger partial charge in [0.25, 0.3) is 0 Å². The largest absolute Gasteiger partial charge is 0.490 e. The van der Waals surface area contributed by atoms with Gasteiger partial charge in [-0.05, 0) is 31.5 Å². The Morgan fingerprint density at radius 3 is 2.76 bits per heavy atom. The van der Waals surface area contributed by atoms with E-state index in [1.54, 1.807) is 18.7 Å². The molecule has 0 aromatic heterocycles. The first kappa shape index (κ1) is 16.0. The van der Waals surface area contributed by atoms with Gasteiger partial charge in [0.05, 0.1) is 13.2 Å². The Bertz CT molecular complexity index is 518. The van der Waals surface area contributed by atoms with Crippen molar-refractivity contribution in [2.45, 2.75) is 42.4 Å². The average molecular weight is 311 g/mol. The number of aliphatic carboxylic acids is 1. The summed E-state index contributed by atoms with van der Waals surface area (Å²) in [6.45, 7) is 4.83. The summed E-state index contributed by atoms with van der Waals surface area (Å²) in [6.07, 6.45) is 1.26. The monoisotopic (exact) mass is 311 g/mol. The van der Waals surface area contributed by atoms with Gasteiger partial charge < -0.3 is 20.3 Å². The predicted octanol–water partition coefficient (Wildman–Crippen LogP) is 2.52. The Labute approximate surface area is 128 Å². The SMILES string of the molecule is CC(CC(C)(N)C(=O)O)Sc1ccc2c(c1)OCCCO2. The standard InChI is InChI=1S/C15H21NO4S/c1-10(9-15(2,16)14(17)18)21-11-4-5-12-13(8-11)20-7-3-6-19-12/h4-5,8,10H,3,6-7,9,16H2,1-2H3,(H,17,18). The van der Waals surface area contributed by atoms with E-state index in [9.17, 15) is 4.79 Å². The van der Waals surface area contributed by atoms with Crippen molar-refractivity contribution in [3.63, 3.8) is 0 Å². The third-order valence-corrected chi connectivity index (χ3v) is 4.35. The molecule has 0 saturated carbocycles. The maximum atomic E-state index is 11.1. The number of hydrogen-bond acceptors (Lipinski definition) is 5. The lowest BCUT2D eigenvalue weighted by atomic mass is 9.98. The van der Waals surface area contributed by atoms with E-state index in [4.69, 9.17) is 20.3 Å². The van der Waals surface area contributed by atoms with Crippen molar-refractivity contribution < 1.29 is 19.4 Å². The molecule has 5 nitrogen and oxygen atoms in total. The van der Waals surface area contributed by atoms with E-state index >= 15 is 0 Å². The van der Waals surface area contributed by atoms with Crippen molar-refractivity contribution in [3.05, 3.63) is 18.2 Å². The van der Waals surface area contributed by atoms with Crippen molar-refractivity contribution >= 4 is 17.7 Å². The molecule has 116 valence electrons. The molecule has 2 atom stereocenters. The first-order valence-electron chi connectivity index (χ1n) is 6.97. The van der Waals surface area contributed by atoms with Crippen LogP contribution in [0.2, 0.25) is 0 Å². The summed E-state index contributed by atoms with van der Waals surface area (Å²) in [5, 5.41) is 9.16. The van der Waals surface area contributed by atoms with E-state index in [0.717, 1.165) is 22.8 Å². The fraction of sp³-hybridized carbons (Fsp3) is 0.533. The topological polar surface area (TPSA) is 81.8 Å². The minimum absolute atomic E-state index is 0.0841. The fourth-order valence-corrected chi connectivity index (χ4v) is 3.39. The van der Waals surface area contributed by atoms with Gasteiger partial charge in [-0.2, -0.15) is 0 Å². The van der Waals surface area contributed by atoms with Crippen LogP contribution in [-0.2, 0) is 4.79 Å². The van der Waals surface area contributed by atoms with E-state index in [-0.39, 0.29) is 5.25 Å². The van der Waals surface area contributed by atoms with E-state index in [1.165, 1.54) is 0 Å². The van der Waals surface area contributed by atoms with Crippen LogP contribution in [0.3, 0.4) is 0 Å². The lowest BCUT2D eigenvalue weighted by molar-refractivity contribution is -0.142. The van der Waals surface area contributed by atoms with Crippen molar-refractivity contribution in [1.82, 2.24) is 0 Å². The Kier molecular flexibility index (Phi) is 5.00. The summed E-state index contributed by atoms with van der Waals surface area (Å²) in [7, 11) is 0. The number of fused-ring (bicyclic) bond motifs is 1. The Morgan fingerprint density at radius 1 is 1.43 bits per heavy atom. The lowest BCUT2D eigenvalue weighted by Gasteiger charge is -2.23. The molecule has 6 heteroatoms. The van der Waals surface area contributed by atoms with Crippen LogP contribution < -0.4 is 15.2 Å². The molecule has 0 fully saturated rings. The maximum absolute atomic E-state index is 11.1. The summed E-state index contributed by atoms with van der Waals surface area (Å²) >= 11 is 1.59. The second-order valence-corrected chi connectivity index (χ2v) is 7.03. The van der Waals surface area contributed by atoms with Gasteiger partial charge in [0.15, 0.2) is 11.5 Å². The number of nitrogens with two attached hydrogens (primary N) is 1. The molecule has 1 aliphatic heterocycles. The zero-order valence-electron chi connectivity index (χ0n) is 12.3. The Hall–Kier alpha value is -1.40.